The number of sulfonamides is 1. The zero-order valence-electron chi connectivity index (χ0n) is 10.7. The first-order valence-electron chi connectivity index (χ1n) is 5.73. The third-order valence-corrected chi connectivity index (χ3v) is 3.79. The lowest BCUT2D eigenvalue weighted by molar-refractivity contribution is 0.598. The number of nitrogen functional groups attached to an aromatic ring is 1. The Morgan fingerprint density at radius 2 is 1.90 bits per heavy atom. The lowest BCUT2D eigenvalue weighted by Crippen LogP contribution is -2.14. The number of benzene rings is 2. The monoisotopic (exact) mass is 295 g/mol. The van der Waals surface area contributed by atoms with Crippen molar-refractivity contribution < 1.29 is 12.8 Å². The molecular formula is C13H14FN3O2S. The van der Waals surface area contributed by atoms with Crippen LogP contribution in [0.25, 0.3) is 0 Å². The van der Waals surface area contributed by atoms with Crippen molar-refractivity contribution in [2.45, 2.75) is 11.8 Å². The molecule has 20 heavy (non-hydrogen) atoms. The summed E-state index contributed by atoms with van der Waals surface area (Å²) >= 11 is 0. The van der Waals surface area contributed by atoms with Gasteiger partial charge in [0.05, 0.1) is 11.4 Å². The summed E-state index contributed by atoms with van der Waals surface area (Å²) in [4.78, 5) is -0.159. The molecule has 0 aromatic heterocycles. The van der Waals surface area contributed by atoms with Crippen molar-refractivity contribution in [2.75, 3.05) is 11.1 Å². The molecule has 0 bridgehead atoms. The second kappa shape index (κ2) is 5.10. The number of para-hydroxylation sites is 1. The van der Waals surface area contributed by atoms with Gasteiger partial charge in [0.15, 0.2) is 0 Å². The maximum atomic E-state index is 13.7. The predicted molar refractivity (Wildman–Crippen MR) is 76.6 cm³/mol. The lowest BCUT2D eigenvalue weighted by Gasteiger charge is -2.12. The highest BCUT2D eigenvalue weighted by atomic mass is 32.2. The molecule has 0 saturated carbocycles. The van der Waals surface area contributed by atoms with Crippen LogP contribution in [0.1, 0.15) is 5.56 Å². The first kappa shape index (κ1) is 14.3. The van der Waals surface area contributed by atoms with Gasteiger partial charge >= 0.3 is 0 Å². The molecule has 0 unspecified atom stereocenters. The minimum atomic E-state index is -3.87. The second-order valence-electron chi connectivity index (χ2n) is 4.35. The Labute approximate surface area is 116 Å². The van der Waals surface area contributed by atoms with Crippen molar-refractivity contribution in [3.05, 3.63) is 47.8 Å². The van der Waals surface area contributed by atoms with Crippen molar-refractivity contribution >= 4 is 27.1 Å². The van der Waals surface area contributed by atoms with Gasteiger partial charge in [-0.3, -0.25) is 0 Å². The number of halogens is 1. The van der Waals surface area contributed by atoms with E-state index < -0.39 is 15.8 Å². The minimum absolute atomic E-state index is 0.00601. The molecule has 0 atom stereocenters. The van der Waals surface area contributed by atoms with Crippen LogP contribution in [0.4, 0.5) is 21.5 Å². The molecule has 0 fully saturated rings. The van der Waals surface area contributed by atoms with E-state index >= 15 is 0 Å². The molecule has 0 aliphatic heterocycles. The number of anilines is 3. The standard InChI is InChI=1S/C13H14FN3O2S/c1-8-3-2-4-10(14)13(8)17-9-5-6-12(11(15)7-9)20(16,18)19/h2-7,17H,15H2,1H3,(H2,16,18,19). The summed E-state index contributed by atoms with van der Waals surface area (Å²) < 4.78 is 36.2. The van der Waals surface area contributed by atoms with E-state index in [0.29, 0.717) is 11.4 Å². The Balaban J connectivity index is 2.39. The molecule has 7 heteroatoms. The van der Waals surface area contributed by atoms with Crippen molar-refractivity contribution in [3.63, 3.8) is 0 Å². The molecule has 0 spiro atoms. The molecule has 5 N–H and O–H groups in total. The van der Waals surface area contributed by atoms with E-state index in [1.807, 2.05) is 0 Å². The molecule has 0 radical (unpaired) electrons. The highest BCUT2D eigenvalue weighted by molar-refractivity contribution is 7.89. The average Bonchev–Trinajstić information content (AvgIpc) is 2.32. The van der Waals surface area contributed by atoms with Crippen molar-refractivity contribution in [3.8, 4) is 0 Å². The number of hydrogen-bond donors (Lipinski definition) is 3. The molecular weight excluding hydrogens is 281 g/mol. The Morgan fingerprint density at radius 1 is 1.20 bits per heavy atom. The van der Waals surface area contributed by atoms with Gasteiger partial charge in [-0.25, -0.2) is 17.9 Å². The van der Waals surface area contributed by atoms with E-state index in [2.05, 4.69) is 5.32 Å². The number of hydrogen-bond acceptors (Lipinski definition) is 4. The molecule has 0 aliphatic rings. The van der Waals surface area contributed by atoms with Crippen LogP contribution in [0.15, 0.2) is 41.3 Å². The maximum absolute atomic E-state index is 13.7. The lowest BCUT2D eigenvalue weighted by atomic mass is 10.2. The zero-order chi connectivity index (χ0) is 14.9. The first-order valence-corrected chi connectivity index (χ1v) is 7.28. The molecule has 2 rings (SSSR count). The van der Waals surface area contributed by atoms with E-state index in [9.17, 15) is 12.8 Å². The van der Waals surface area contributed by atoms with Crippen LogP contribution in [0.5, 0.6) is 0 Å². The Bertz CT molecular complexity index is 740. The smallest absolute Gasteiger partial charge is 0.240 e. The summed E-state index contributed by atoms with van der Waals surface area (Å²) in [5.41, 5.74) is 7.16. The molecule has 2 aromatic carbocycles. The third kappa shape index (κ3) is 2.89. The fourth-order valence-electron chi connectivity index (χ4n) is 1.82. The van der Waals surface area contributed by atoms with Crippen LogP contribution < -0.4 is 16.2 Å². The Kier molecular flexibility index (Phi) is 3.65. The van der Waals surface area contributed by atoms with Gasteiger partial charge in [0, 0.05) is 5.69 Å². The summed E-state index contributed by atoms with van der Waals surface area (Å²) in [6.45, 7) is 1.76. The topological polar surface area (TPSA) is 98.2 Å². The molecule has 0 heterocycles. The van der Waals surface area contributed by atoms with Gasteiger partial charge in [0.2, 0.25) is 10.0 Å². The van der Waals surface area contributed by atoms with E-state index in [1.165, 1.54) is 24.3 Å². The maximum Gasteiger partial charge on any atom is 0.240 e. The number of nitrogens with two attached hydrogens (primary N) is 2. The second-order valence-corrected chi connectivity index (χ2v) is 5.88. The summed E-state index contributed by atoms with van der Waals surface area (Å²) in [6, 6.07) is 8.84. The van der Waals surface area contributed by atoms with Gasteiger partial charge < -0.3 is 11.1 Å². The van der Waals surface area contributed by atoms with Gasteiger partial charge in [-0.1, -0.05) is 12.1 Å². The molecule has 0 aliphatic carbocycles. The minimum Gasteiger partial charge on any atom is -0.398 e. The highest BCUT2D eigenvalue weighted by Crippen LogP contribution is 2.27. The third-order valence-electron chi connectivity index (χ3n) is 2.81. The van der Waals surface area contributed by atoms with Crippen LogP contribution in [0.3, 0.4) is 0 Å². The van der Waals surface area contributed by atoms with E-state index in [4.69, 9.17) is 10.9 Å². The predicted octanol–water partition coefficient (Wildman–Crippen LogP) is 2.11. The van der Waals surface area contributed by atoms with Crippen LogP contribution in [0, 0.1) is 12.7 Å². The van der Waals surface area contributed by atoms with Crippen LogP contribution in [0.2, 0.25) is 0 Å². The van der Waals surface area contributed by atoms with Gasteiger partial charge in [0.25, 0.3) is 0 Å². The quantitative estimate of drug-likeness (QED) is 0.755. The SMILES string of the molecule is Cc1cccc(F)c1Nc1ccc(S(N)(=O)=O)c(N)c1. The summed E-state index contributed by atoms with van der Waals surface area (Å²) in [5.74, 6) is -0.404. The largest absolute Gasteiger partial charge is 0.398 e. The first-order chi connectivity index (χ1) is 9.29. The Morgan fingerprint density at radius 3 is 2.45 bits per heavy atom. The molecule has 0 saturated heterocycles. The normalized spacial score (nSPS) is 11.3. The fraction of sp³-hybridized carbons (Fsp3) is 0.0769. The van der Waals surface area contributed by atoms with Crippen molar-refractivity contribution in [2.24, 2.45) is 5.14 Å². The average molecular weight is 295 g/mol. The number of primary sulfonamides is 1. The van der Waals surface area contributed by atoms with Gasteiger partial charge in [-0.15, -0.1) is 0 Å². The van der Waals surface area contributed by atoms with Crippen molar-refractivity contribution in [1.29, 1.82) is 0 Å². The number of nitrogens with one attached hydrogen (secondary N) is 1. The van der Waals surface area contributed by atoms with Crippen LogP contribution in [-0.4, -0.2) is 8.42 Å². The number of rotatable bonds is 3. The van der Waals surface area contributed by atoms with E-state index in [0.717, 1.165) is 5.56 Å². The Hall–Kier alpha value is -2.12. The molecule has 106 valence electrons. The highest BCUT2D eigenvalue weighted by Gasteiger charge is 2.13. The van der Waals surface area contributed by atoms with Crippen molar-refractivity contribution in [1.82, 2.24) is 0 Å². The van der Waals surface area contributed by atoms with E-state index in [-0.39, 0.29) is 10.6 Å². The molecule has 5 nitrogen and oxygen atoms in total. The molecule has 2 aromatic rings. The number of aryl methyl sites for hydroxylation is 1. The summed E-state index contributed by atoms with van der Waals surface area (Å²) in [7, 11) is -3.87. The fourth-order valence-corrected chi connectivity index (χ4v) is 2.47. The summed E-state index contributed by atoms with van der Waals surface area (Å²) in [5, 5.41) is 7.89. The van der Waals surface area contributed by atoms with E-state index in [1.54, 1.807) is 19.1 Å². The molecule has 0 amide bonds. The zero-order valence-corrected chi connectivity index (χ0v) is 11.5. The summed E-state index contributed by atoms with van der Waals surface area (Å²) in [6.07, 6.45) is 0. The van der Waals surface area contributed by atoms with Gasteiger partial charge in [-0.2, -0.15) is 0 Å². The van der Waals surface area contributed by atoms with Gasteiger partial charge in [0.1, 0.15) is 10.7 Å². The van der Waals surface area contributed by atoms with Crippen LogP contribution in [-0.2, 0) is 10.0 Å². The van der Waals surface area contributed by atoms with Crippen LogP contribution >= 0.6 is 0 Å². The van der Waals surface area contributed by atoms with Gasteiger partial charge in [-0.05, 0) is 36.8 Å².